The second-order valence-corrected chi connectivity index (χ2v) is 12.0. The molecule has 0 spiro atoms. The molecule has 10 nitrogen and oxygen atoms in total. The summed E-state index contributed by atoms with van der Waals surface area (Å²) >= 11 is 0. The van der Waals surface area contributed by atoms with Crippen molar-refractivity contribution in [2.24, 2.45) is 11.8 Å². The van der Waals surface area contributed by atoms with Gasteiger partial charge in [-0.15, -0.1) is 0 Å². The summed E-state index contributed by atoms with van der Waals surface area (Å²) in [6.45, 7) is 4.14. The number of hydrogen-bond donors (Lipinski definition) is 4. The highest BCUT2D eigenvalue weighted by Gasteiger charge is 2.43. The molecule has 5 heterocycles. The molecular weight excluding hydrogens is 490 g/mol. The van der Waals surface area contributed by atoms with Gasteiger partial charge in [0.1, 0.15) is 11.3 Å². The number of likely N-dealkylation sites (N-methyl/N-ethyl adjacent to an activating group) is 1. The molecule has 4 unspecified atom stereocenters. The summed E-state index contributed by atoms with van der Waals surface area (Å²) in [6, 6.07) is 4.75. The van der Waals surface area contributed by atoms with E-state index in [-0.39, 0.29) is 17.9 Å². The molecule has 0 bridgehead atoms. The third kappa shape index (κ3) is 4.90. The number of H-pyrrole nitrogens is 1. The third-order valence-electron chi connectivity index (χ3n) is 9.50. The van der Waals surface area contributed by atoms with Crippen molar-refractivity contribution in [3.8, 4) is 0 Å². The zero-order valence-electron chi connectivity index (χ0n) is 22.7. The average molecular weight is 530 g/mol. The van der Waals surface area contributed by atoms with E-state index in [1.165, 1.54) is 11.3 Å². The molecule has 4 atom stereocenters. The molecule has 3 aromatic heterocycles. The molecule has 10 heteroatoms. The monoisotopic (exact) mass is 529 g/mol. The molecule has 2 saturated heterocycles. The lowest BCUT2D eigenvalue weighted by Gasteiger charge is -2.34. The van der Waals surface area contributed by atoms with E-state index in [4.69, 9.17) is 4.98 Å². The van der Waals surface area contributed by atoms with Gasteiger partial charge >= 0.3 is 0 Å². The highest BCUT2D eigenvalue weighted by Crippen LogP contribution is 2.44. The molecule has 1 amide bonds. The first-order valence-corrected chi connectivity index (χ1v) is 14.7. The van der Waals surface area contributed by atoms with Gasteiger partial charge in [-0.2, -0.15) is 0 Å². The average Bonchev–Trinajstić information content (AvgIpc) is 3.73. The Morgan fingerprint density at radius 1 is 1.05 bits per heavy atom. The van der Waals surface area contributed by atoms with Crippen LogP contribution < -0.4 is 21.1 Å². The topological polar surface area (TPSA) is 114 Å². The zero-order chi connectivity index (χ0) is 26.3. The van der Waals surface area contributed by atoms with Gasteiger partial charge in [-0.05, 0) is 68.7 Å². The Balaban J connectivity index is 1.09. The SMILES string of the molecule is CN1CCN(c2ccnc3nc(C4NNC5CCC(c6cncc(NC(=O)C7CCCC7)c6)CC54)[nH]c23)CC1. The lowest BCUT2D eigenvalue weighted by molar-refractivity contribution is -0.119. The lowest BCUT2D eigenvalue weighted by atomic mass is 9.73. The number of carbonyl (C=O) groups is 1. The van der Waals surface area contributed by atoms with Crippen molar-refractivity contribution in [3.05, 3.63) is 42.1 Å². The number of amides is 1. The molecule has 2 saturated carbocycles. The van der Waals surface area contributed by atoms with Crippen LogP contribution in [0.5, 0.6) is 0 Å². The van der Waals surface area contributed by atoms with Gasteiger partial charge in [-0.1, -0.05) is 12.8 Å². The van der Waals surface area contributed by atoms with Gasteiger partial charge in [-0.3, -0.25) is 15.2 Å². The van der Waals surface area contributed by atoms with Crippen molar-refractivity contribution < 1.29 is 4.79 Å². The van der Waals surface area contributed by atoms with E-state index in [0.717, 1.165) is 93.8 Å². The number of aromatic nitrogens is 4. The molecular formula is C29H39N9O. The number of rotatable bonds is 5. The molecule has 0 radical (unpaired) electrons. The number of fused-ring (bicyclic) bond motifs is 2. The molecule has 2 aliphatic heterocycles. The molecule has 4 N–H and O–H groups in total. The first-order valence-electron chi connectivity index (χ1n) is 14.7. The summed E-state index contributed by atoms with van der Waals surface area (Å²) in [4.78, 5) is 35.3. The Hall–Kier alpha value is -3.08. The van der Waals surface area contributed by atoms with Gasteiger partial charge < -0.3 is 20.1 Å². The standard InChI is InChI=1S/C29H39N9O/c1-37-10-12-38(13-11-37)24-8-9-31-27-26(24)33-28(34-27)25-22-15-19(6-7-23(22)35-36-25)20-14-21(17-30-16-20)32-29(39)18-4-2-3-5-18/h8-9,14,16-19,22-23,25,35-36H,2-7,10-13,15H2,1H3,(H,32,39)(H,31,33,34). The van der Waals surface area contributed by atoms with Crippen LogP contribution in [0.4, 0.5) is 11.4 Å². The molecule has 39 heavy (non-hydrogen) atoms. The van der Waals surface area contributed by atoms with Crippen LogP contribution in [0.25, 0.3) is 11.2 Å². The third-order valence-corrected chi connectivity index (χ3v) is 9.50. The Bertz CT molecular complexity index is 1330. The summed E-state index contributed by atoms with van der Waals surface area (Å²) in [6.07, 6.45) is 13.2. The summed E-state index contributed by atoms with van der Waals surface area (Å²) < 4.78 is 0. The molecule has 4 aliphatic rings. The molecule has 0 aromatic carbocycles. The van der Waals surface area contributed by atoms with Crippen LogP contribution in [-0.4, -0.2) is 70.0 Å². The maximum atomic E-state index is 12.7. The van der Waals surface area contributed by atoms with E-state index < -0.39 is 0 Å². The Kier molecular flexibility index (Phi) is 6.70. The lowest BCUT2D eigenvalue weighted by Crippen LogP contribution is -2.44. The number of hydrogen-bond acceptors (Lipinski definition) is 8. The van der Waals surface area contributed by atoms with Crippen LogP contribution >= 0.6 is 0 Å². The Morgan fingerprint density at radius 2 is 1.90 bits per heavy atom. The van der Waals surface area contributed by atoms with Crippen LogP contribution in [-0.2, 0) is 4.79 Å². The van der Waals surface area contributed by atoms with E-state index in [2.05, 4.69) is 60.1 Å². The largest absolute Gasteiger partial charge is 0.367 e. The molecule has 7 rings (SSSR count). The van der Waals surface area contributed by atoms with Crippen molar-refractivity contribution in [1.29, 1.82) is 0 Å². The molecule has 3 aromatic rings. The van der Waals surface area contributed by atoms with E-state index in [9.17, 15) is 4.79 Å². The summed E-state index contributed by atoms with van der Waals surface area (Å²) in [5.74, 6) is 2.04. The minimum atomic E-state index is 0.0885. The smallest absolute Gasteiger partial charge is 0.227 e. The Labute approximate surface area is 229 Å². The summed E-state index contributed by atoms with van der Waals surface area (Å²) in [7, 11) is 2.18. The second kappa shape index (κ2) is 10.5. The van der Waals surface area contributed by atoms with Crippen LogP contribution in [0.3, 0.4) is 0 Å². The minimum absolute atomic E-state index is 0.0885. The van der Waals surface area contributed by atoms with Gasteiger partial charge in [0.2, 0.25) is 5.91 Å². The number of anilines is 2. The number of carbonyl (C=O) groups excluding carboxylic acids is 1. The quantitative estimate of drug-likeness (QED) is 0.398. The summed E-state index contributed by atoms with van der Waals surface area (Å²) in [5.41, 5.74) is 12.2. The van der Waals surface area contributed by atoms with E-state index in [1.54, 1.807) is 6.20 Å². The van der Waals surface area contributed by atoms with E-state index >= 15 is 0 Å². The number of piperazine rings is 1. The fourth-order valence-electron chi connectivity index (χ4n) is 7.19. The number of nitrogens with one attached hydrogen (secondary N) is 4. The highest BCUT2D eigenvalue weighted by molar-refractivity contribution is 5.92. The van der Waals surface area contributed by atoms with Crippen molar-refractivity contribution in [3.63, 3.8) is 0 Å². The fourth-order valence-corrected chi connectivity index (χ4v) is 7.19. The number of aromatic amines is 1. The van der Waals surface area contributed by atoms with Gasteiger partial charge in [0.15, 0.2) is 5.65 Å². The van der Waals surface area contributed by atoms with Crippen LogP contribution in [0.2, 0.25) is 0 Å². The van der Waals surface area contributed by atoms with Crippen LogP contribution in [0.1, 0.15) is 68.3 Å². The van der Waals surface area contributed by atoms with Crippen molar-refractivity contribution in [2.75, 3.05) is 43.4 Å². The van der Waals surface area contributed by atoms with Gasteiger partial charge in [0.25, 0.3) is 0 Å². The van der Waals surface area contributed by atoms with E-state index in [0.29, 0.717) is 17.9 Å². The number of imidazole rings is 1. The van der Waals surface area contributed by atoms with Gasteiger partial charge in [0, 0.05) is 50.5 Å². The normalized spacial score (nSPS) is 28.2. The fraction of sp³-hybridized carbons (Fsp3) is 0.586. The predicted molar refractivity (Wildman–Crippen MR) is 151 cm³/mol. The van der Waals surface area contributed by atoms with Crippen LogP contribution in [0, 0.1) is 11.8 Å². The van der Waals surface area contributed by atoms with Gasteiger partial charge in [0.05, 0.1) is 23.6 Å². The number of nitrogens with zero attached hydrogens (tertiary/aromatic N) is 5. The second-order valence-electron chi connectivity index (χ2n) is 12.0. The molecule has 206 valence electrons. The van der Waals surface area contributed by atoms with Crippen molar-refractivity contribution in [1.82, 2.24) is 35.7 Å². The first kappa shape index (κ1) is 24.9. The highest BCUT2D eigenvalue weighted by atomic mass is 16.1. The first-order chi connectivity index (χ1) is 19.1. The van der Waals surface area contributed by atoms with Crippen molar-refractivity contribution in [2.45, 2.75) is 62.9 Å². The predicted octanol–water partition coefficient (Wildman–Crippen LogP) is 3.33. The molecule has 4 fully saturated rings. The maximum Gasteiger partial charge on any atom is 0.227 e. The van der Waals surface area contributed by atoms with Gasteiger partial charge in [-0.25, -0.2) is 15.4 Å². The zero-order valence-corrected chi connectivity index (χ0v) is 22.7. The molecule has 2 aliphatic carbocycles. The maximum absolute atomic E-state index is 12.7. The van der Waals surface area contributed by atoms with Crippen molar-refractivity contribution >= 4 is 28.4 Å². The number of hydrazine groups is 1. The summed E-state index contributed by atoms with van der Waals surface area (Å²) in [5, 5.41) is 3.14. The minimum Gasteiger partial charge on any atom is -0.367 e. The van der Waals surface area contributed by atoms with Crippen LogP contribution in [0.15, 0.2) is 30.7 Å². The van der Waals surface area contributed by atoms with E-state index in [1.807, 2.05) is 12.4 Å². The Morgan fingerprint density at radius 3 is 2.74 bits per heavy atom. The number of pyridine rings is 2.